The molecule has 1 atom stereocenters. The van der Waals surface area contributed by atoms with Gasteiger partial charge in [0.25, 0.3) is 5.85 Å². The third-order valence-electron chi connectivity index (χ3n) is 1.88. The summed E-state index contributed by atoms with van der Waals surface area (Å²) in [5.74, 6) is -1.46. The SMILES string of the molecule is Cc1ccc(C2(F)CO2)cc1. The summed E-state index contributed by atoms with van der Waals surface area (Å²) in [6.07, 6.45) is 0. The lowest BCUT2D eigenvalue weighted by Gasteiger charge is -2.00. The predicted molar refractivity (Wildman–Crippen MR) is 39.9 cm³/mol. The molecular weight excluding hydrogens is 143 g/mol. The Morgan fingerprint density at radius 3 is 2.36 bits per heavy atom. The van der Waals surface area contributed by atoms with Gasteiger partial charge in [-0.15, -0.1) is 0 Å². The summed E-state index contributed by atoms with van der Waals surface area (Å²) >= 11 is 0. The van der Waals surface area contributed by atoms with Gasteiger partial charge in [-0.3, -0.25) is 0 Å². The van der Waals surface area contributed by atoms with Gasteiger partial charge in [0.1, 0.15) is 6.61 Å². The summed E-state index contributed by atoms with van der Waals surface area (Å²) in [5.41, 5.74) is 1.76. The van der Waals surface area contributed by atoms with Crippen molar-refractivity contribution in [1.29, 1.82) is 0 Å². The Morgan fingerprint density at radius 2 is 1.91 bits per heavy atom. The van der Waals surface area contributed by atoms with E-state index in [2.05, 4.69) is 4.74 Å². The fourth-order valence-electron chi connectivity index (χ4n) is 1.03. The zero-order valence-corrected chi connectivity index (χ0v) is 6.30. The van der Waals surface area contributed by atoms with Gasteiger partial charge in [0, 0.05) is 5.56 Å². The van der Waals surface area contributed by atoms with E-state index in [0.717, 1.165) is 5.56 Å². The average molecular weight is 152 g/mol. The average Bonchev–Trinajstić information content (AvgIpc) is 2.70. The van der Waals surface area contributed by atoms with Gasteiger partial charge in [0.2, 0.25) is 0 Å². The largest absolute Gasteiger partial charge is 0.334 e. The second-order valence-corrected chi connectivity index (χ2v) is 2.88. The molecule has 0 spiro atoms. The van der Waals surface area contributed by atoms with Crippen molar-refractivity contribution in [2.45, 2.75) is 12.8 Å². The van der Waals surface area contributed by atoms with Crippen molar-refractivity contribution in [3.8, 4) is 0 Å². The van der Waals surface area contributed by atoms with Crippen LogP contribution in [0, 0.1) is 6.92 Å². The van der Waals surface area contributed by atoms with Gasteiger partial charge in [0.15, 0.2) is 0 Å². The first-order chi connectivity index (χ1) is 5.21. The Labute approximate surface area is 64.8 Å². The lowest BCUT2D eigenvalue weighted by atomic mass is 10.1. The van der Waals surface area contributed by atoms with E-state index in [0.29, 0.717) is 5.56 Å². The van der Waals surface area contributed by atoms with E-state index in [1.54, 1.807) is 12.1 Å². The van der Waals surface area contributed by atoms with Crippen LogP contribution in [-0.4, -0.2) is 6.61 Å². The molecular formula is C9H9FO. The van der Waals surface area contributed by atoms with Crippen LogP contribution in [-0.2, 0) is 10.6 Å². The molecule has 0 radical (unpaired) electrons. The number of ether oxygens (including phenoxy) is 1. The number of rotatable bonds is 1. The Balaban J connectivity index is 2.33. The molecule has 1 aliphatic rings. The molecule has 11 heavy (non-hydrogen) atoms. The van der Waals surface area contributed by atoms with Crippen molar-refractivity contribution in [1.82, 2.24) is 0 Å². The van der Waals surface area contributed by atoms with Crippen molar-refractivity contribution >= 4 is 0 Å². The molecule has 1 saturated heterocycles. The third kappa shape index (κ3) is 1.14. The van der Waals surface area contributed by atoms with Gasteiger partial charge in [0.05, 0.1) is 0 Å². The highest BCUT2D eigenvalue weighted by atomic mass is 19.2. The minimum absolute atomic E-state index is 0.204. The lowest BCUT2D eigenvalue weighted by molar-refractivity contribution is 0.141. The highest BCUT2D eigenvalue weighted by Crippen LogP contribution is 2.39. The molecule has 58 valence electrons. The van der Waals surface area contributed by atoms with Crippen LogP contribution in [0.5, 0.6) is 0 Å². The summed E-state index contributed by atoms with van der Waals surface area (Å²) < 4.78 is 17.8. The summed E-state index contributed by atoms with van der Waals surface area (Å²) in [7, 11) is 0. The summed E-state index contributed by atoms with van der Waals surface area (Å²) in [4.78, 5) is 0. The van der Waals surface area contributed by atoms with Crippen molar-refractivity contribution in [2.24, 2.45) is 0 Å². The molecule has 1 aromatic rings. The van der Waals surface area contributed by atoms with Crippen molar-refractivity contribution < 1.29 is 9.13 Å². The molecule has 0 aromatic heterocycles. The zero-order chi connectivity index (χ0) is 7.90. The van der Waals surface area contributed by atoms with Crippen LogP contribution in [0.2, 0.25) is 0 Å². The van der Waals surface area contributed by atoms with Crippen LogP contribution < -0.4 is 0 Å². The Kier molecular flexibility index (Phi) is 1.26. The van der Waals surface area contributed by atoms with E-state index in [4.69, 9.17) is 0 Å². The smallest absolute Gasteiger partial charge is 0.259 e. The molecule has 1 heterocycles. The number of hydrogen-bond acceptors (Lipinski definition) is 1. The van der Waals surface area contributed by atoms with Crippen LogP contribution in [0.4, 0.5) is 4.39 Å². The Morgan fingerprint density at radius 1 is 1.36 bits per heavy atom. The second-order valence-electron chi connectivity index (χ2n) is 2.88. The van der Waals surface area contributed by atoms with E-state index in [1.807, 2.05) is 19.1 Å². The predicted octanol–water partition coefficient (Wildman–Crippen LogP) is 2.15. The highest BCUT2D eigenvalue weighted by molar-refractivity contribution is 5.27. The van der Waals surface area contributed by atoms with Gasteiger partial charge in [-0.2, -0.15) is 0 Å². The minimum Gasteiger partial charge on any atom is -0.334 e. The molecule has 0 bridgehead atoms. The first-order valence-corrected chi connectivity index (χ1v) is 3.61. The molecule has 0 aliphatic carbocycles. The Bertz CT molecular complexity index is 261. The number of epoxide rings is 1. The number of benzene rings is 1. The fraction of sp³-hybridized carbons (Fsp3) is 0.333. The second kappa shape index (κ2) is 2.05. The van der Waals surface area contributed by atoms with Crippen LogP contribution in [0.1, 0.15) is 11.1 Å². The summed E-state index contributed by atoms with van der Waals surface area (Å²) in [6.45, 7) is 2.18. The van der Waals surface area contributed by atoms with E-state index in [1.165, 1.54) is 0 Å². The molecule has 1 aromatic carbocycles. The number of halogens is 1. The highest BCUT2D eigenvalue weighted by Gasteiger charge is 2.47. The lowest BCUT2D eigenvalue weighted by Crippen LogP contribution is -1.98. The van der Waals surface area contributed by atoms with E-state index in [-0.39, 0.29) is 6.61 Å². The minimum atomic E-state index is -1.46. The van der Waals surface area contributed by atoms with E-state index < -0.39 is 5.85 Å². The monoisotopic (exact) mass is 152 g/mol. The van der Waals surface area contributed by atoms with Gasteiger partial charge in [-0.05, 0) is 6.92 Å². The molecule has 1 unspecified atom stereocenters. The fourth-order valence-corrected chi connectivity index (χ4v) is 1.03. The zero-order valence-electron chi connectivity index (χ0n) is 6.30. The molecule has 1 fully saturated rings. The van der Waals surface area contributed by atoms with Crippen molar-refractivity contribution in [3.05, 3.63) is 35.4 Å². The molecule has 2 heteroatoms. The maximum absolute atomic E-state index is 13.1. The van der Waals surface area contributed by atoms with E-state index in [9.17, 15) is 4.39 Å². The van der Waals surface area contributed by atoms with Crippen LogP contribution in [0.15, 0.2) is 24.3 Å². The van der Waals surface area contributed by atoms with Crippen LogP contribution >= 0.6 is 0 Å². The summed E-state index contributed by atoms with van der Waals surface area (Å²) in [5, 5.41) is 0. The van der Waals surface area contributed by atoms with Gasteiger partial charge in [-0.1, -0.05) is 29.8 Å². The number of hydrogen-bond donors (Lipinski definition) is 0. The standard InChI is InChI=1S/C9H9FO/c1-7-2-4-8(5-3-7)9(10)6-11-9/h2-5H,6H2,1H3. The normalized spacial score (nSPS) is 28.5. The Hall–Kier alpha value is -0.890. The molecule has 2 rings (SSSR count). The first kappa shape index (κ1) is 6.80. The maximum Gasteiger partial charge on any atom is 0.259 e. The molecule has 1 aliphatic heterocycles. The van der Waals surface area contributed by atoms with Gasteiger partial charge in [-0.25, -0.2) is 4.39 Å². The topological polar surface area (TPSA) is 12.5 Å². The van der Waals surface area contributed by atoms with E-state index >= 15 is 0 Å². The molecule has 0 amide bonds. The molecule has 1 nitrogen and oxygen atoms in total. The molecule has 0 saturated carbocycles. The summed E-state index contributed by atoms with van der Waals surface area (Å²) in [6, 6.07) is 7.31. The van der Waals surface area contributed by atoms with Gasteiger partial charge >= 0.3 is 0 Å². The number of aryl methyl sites for hydroxylation is 1. The van der Waals surface area contributed by atoms with Crippen LogP contribution in [0.3, 0.4) is 0 Å². The van der Waals surface area contributed by atoms with Gasteiger partial charge < -0.3 is 4.74 Å². The molecule has 0 N–H and O–H groups in total. The number of alkyl halides is 1. The van der Waals surface area contributed by atoms with Crippen molar-refractivity contribution in [3.63, 3.8) is 0 Å². The van der Waals surface area contributed by atoms with Crippen LogP contribution in [0.25, 0.3) is 0 Å². The third-order valence-corrected chi connectivity index (χ3v) is 1.88. The maximum atomic E-state index is 13.1. The quantitative estimate of drug-likeness (QED) is 0.562. The van der Waals surface area contributed by atoms with Crippen molar-refractivity contribution in [2.75, 3.05) is 6.61 Å². The first-order valence-electron chi connectivity index (χ1n) is 3.61.